The maximum atomic E-state index is 12.3. The lowest BCUT2D eigenvalue weighted by Gasteiger charge is -2.48. The molecule has 1 amide bonds. The van der Waals surface area contributed by atoms with Gasteiger partial charge < -0.3 is 19.4 Å². The first-order valence-corrected chi connectivity index (χ1v) is 10.4. The van der Waals surface area contributed by atoms with Gasteiger partial charge in [0.15, 0.2) is 0 Å². The largest absolute Gasteiger partial charge is 0.378 e. The second-order valence-corrected chi connectivity index (χ2v) is 8.61. The zero-order valence-electron chi connectivity index (χ0n) is 16.0. The van der Waals surface area contributed by atoms with Crippen LogP contribution in [0.1, 0.15) is 38.5 Å². The van der Waals surface area contributed by atoms with Gasteiger partial charge in [0.2, 0.25) is 5.91 Å². The van der Waals surface area contributed by atoms with Gasteiger partial charge in [0.25, 0.3) is 0 Å². The molecule has 7 heteroatoms. The molecule has 0 unspecified atom stereocenters. The number of aromatic nitrogens is 2. The number of morpholine rings is 1. The minimum atomic E-state index is 0.235. The molecular formula is C20H29N5O2. The summed E-state index contributed by atoms with van der Waals surface area (Å²) in [6.07, 6.45) is 8.22. The Labute approximate surface area is 160 Å². The lowest BCUT2D eigenvalue weighted by atomic mass is 9.73. The molecule has 0 radical (unpaired) electrons. The van der Waals surface area contributed by atoms with Gasteiger partial charge in [0, 0.05) is 56.7 Å². The summed E-state index contributed by atoms with van der Waals surface area (Å²) in [4.78, 5) is 28.3. The van der Waals surface area contributed by atoms with E-state index in [2.05, 4.69) is 30.7 Å². The van der Waals surface area contributed by atoms with Crippen LogP contribution in [0.5, 0.6) is 0 Å². The van der Waals surface area contributed by atoms with Crippen molar-refractivity contribution in [3.8, 4) is 0 Å². The van der Waals surface area contributed by atoms with E-state index in [1.807, 2.05) is 0 Å². The van der Waals surface area contributed by atoms with Crippen LogP contribution in [0.4, 0.5) is 11.6 Å². The molecule has 3 aliphatic heterocycles. The molecule has 27 heavy (non-hydrogen) atoms. The maximum absolute atomic E-state index is 12.3. The van der Waals surface area contributed by atoms with E-state index in [0.717, 1.165) is 64.0 Å². The van der Waals surface area contributed by atoms with Gasteiger partial charge >= 0.3 is 0 Å². The van der Waals surface area contributed by atoms with Crippen molar-refractivity contribution in [2.45, 2.75) is 44.6 Å². The predicted molar refractivity (Wildman–Crippen MR) is 103 cm³/mol. The predicted octanol–water partition coefficient (Wildman–Crippen LogP) is 1.68. The van der Waals surface area contributed by atoms with Crippen LogP contribution in [0.3, 0.4) is 0 Å². The average Bonchev–Trinajstić information content (AvgIpc) is 3.56. The molecule has 0 bridgehead atoms. The highest BCUT2D eigenvalue weighted by Crippen LogP contribution is 2.43. The van der Waals surface area contributed by atoms with Crippen LogP contribution in [0.2, 0.25) is 0 Å². The second-order valence-electron chi connectivity index (χ2n) is 8.61. The third-order valence-electron chi connectivity index (χ3n) is 6.64. The normalized spacial score (nSPS) is 29.5. The van der Waals surface area contributed by atoms with Gasteiger partial charge in [0.1, 0.15) is 18.0 Å². The molecule has 4 fully saturated rings. The molecule has 1 atom stereocenters. The number of likely N-dealkylation sites (tertiary alicyclic amines) is 1. The summed E-state index contributed by atoms with van der Waals surface area (Å²) in [6.45, 7) is 6.28. The maximum Gasteiger partial charge on any atom is 0.222 e. The first kappa shape index (κ1) is 17.2. The topological polar surface area (TPSA) is 61.8 Å². The van der Waals surface area contributed by atoms with Crippen molar-refractivity contribution in [3.05, 3.63) is 12.4 Å². The summed E-state index contributed by atoms with van der Waals surface area (Å²) < 4.78 is 5.46. The van der Waals surface area contributed by atoms with Crippen LogP contribution in [-0.4, -0.2) is 72.8 Å². The van der Waals surface area contributed by atoms with Crippen molar-refractivity contribution >= 4 is 17.5 Å². The number of carbonyl (C=O) groups is 1. The fourth-order valence-corrected chi connectivity index (χ4v) is 4.98. The molecule has 4 heterocycles. The highest BCUT2D eigenvalue weighted by Gasteiger charge is 2.45. The van der Waals surface area contributed by atoms with Crippen LogP contribution >= 0.6 is 0 Å². The van der Waals surface area contributed by atoms with Gasteiger partial charge in [-0.25, -0.2) is 9.97 Å². The quantitative estimate of drug-likeness (QED) is 0.806. The zero-order valence-corrected chi connectivity index (χ0v) is 16.0. The summed E-state index contributed by atoms with van der Waals surface area (Å²) in [5.74, 6) is 2.40. The number of piperidine rings is 2. The fourth-order valence-electron chi connectivity index (χ4n) is 4.98. The third-order valence-corrected chi connectivity index (χ3v) is 6.64. The number of ether oxygens (including phenoxy) is 1. The first-order valence-electron chi connectivity index (χ1n) is 10.4. The van der Waals surface area contributed by atoms with Gasteiger partial charge in [-0.05, 0) is 32.1 Å². The van der Waals surface area contributed by atoms with E-state index in [4.69, 9.17) is 4.74 Å². The summed E-state index contributed by atoms with van der Waals surface area (Å²) in [6, 6.07) is 2.66. The molecule has 1 spiro atoms. The molecule has 7 nitrogen and oxygen atoms in total. The highest BCUT2D eigenvalue weighted by molar-refractivity contribution is 5.78. The first-order chi connectivity index (χ1) is 13.2. The molecule has 4 aliphatic rings. The van der Waals surface area contributed by atoms with E-state index in [0.29, 0.717) is 18.4 Å². The van der Waals surface area contributed by atoms with Crippen molar-refractivity contribution in [1.82, 2.24) is 14.9 Å². The standard InChI is InChI=1S/C20H29N5O2/c26-19-4-6-20(14-25(19)16-2-3-16)5-1-7-24(13-20)18-12-17(21-15-22-18)23-8-10-27-11-9-23/h12,15-16H,1-11,13-14H2/t20-/m1/s1. The molecule has 1 aromatic rings. The Hall–Kier alpha value is -1.89. The van der Waals surface area contributed by atoms with E-state index < -0.39 is 0 Å². The van der Waals surface area contributed by atoms with E-state index in [-0.39, 0.29) is 5.41 Å². The highest BCUT2D eigenvalue weighted by atomic mass is 16.5. The molecule has 146 valence electrons. The van der Waals surface area contributed by atoms with Gasteiger partial charge in [-0.2, -0.15) is 0 Å². The number of rotatable bonds is 3. The van der Waals surface area contributed by atoms with Crippen molar-refractivity contribution in [3.63, 3.8) is 0 Å². The Kier molecular flexibility index (Phi) is 4.42. The summed E-state index contributed by atoms with van der Waals surface area (Å²) >= 11 is 0. The summed E-state index contributed by atoms with van der Waals surface area (Å²) in [7, 11) is 0. The molecule has 1 saturated carbocycles. The Bertz CT molecular complexity index is 703. The van der Waals surface area contributed by atoms with Crippen LogP contribution < -0.4 is 9.80 Å². The molecule has 0 N–H and O–H groups in total. The molecule has 0 aromatic carbocycles. The fraction of sp³-hybridized carbons (Fsp3) is 0.750. The Morgan fingerprint density at radius 3 is 2.56 bits per heavy atom. The number of amides is 1. The minimum Gasteiger partial charge on any atom is -0.378 e. The number of anilines is 2. The molecular weight excluding hydrogens is 342 g/mol. The number of nitrogens with zero attached hydrogens (tertiary/aromatic N) is 5. The van der Waals surface area contributed by atoms with Crippen LogP contribution in [0.25, 0.3) is 0 Å². The van der Waals surface area contributed by atoms with Crippen LogP contribution in [0, 0.1) is 5.41 Å². The third kappa shape index (κ3) is 3.49. The van der Waals surface area contributed by atoms with Gasteiger partial charge in [-0.3, -0.25) is 4.79 Å². The summed E-state index contributed by atoms with van der Waals surface area (Å²) in [5.41, 5.74) is 0.235. The van der Waals surface area contributed by atoms with Gasteiger partial charge in [0.05, 0.1) is 13.2 Å². The smallest absolute Gasteiger partial charge is 0.222 e. The minimum absolute atomic E-state index is 0.235. The number of hydrogen-bond donors (Lipinski definition) is 0. The van der Waals surface area contributed by atoms with Crippen LogP contribution in [0.15, 0.2) is 12.4 Å². The van der Waals surface area contributed by atoms with Crippen molar-refractivity contribution < 1.29 is 9.53 Å². The van der Waals surface area contributed by atoms with Crippen molar-refractivity contribution in [1.29, 1.82) is 0 Å². The van der Waals surface area contributed by atoms with Crippen molar-refractivity contribution in [2.75, 3.05) is 55.7 Å². The Balaban J connectivity index is 1.33. The van der Waals surface area contributed by atoms with E-state index in [9.17, 15) is 4.79 Å². The van der Waals surface area contributed by atoms with Crippen LogP contribution in [-0.2, 0) is 9.53 Å². The molecule has 3 saturated heterocycles. The molecule has 1 aromatic heterocycles. The molecule has 1 aliphatic carbocycles. The second kappa shape index (κ2) is 6.93. The van der Waals surface area contributed by atoms with E-state index in [1.165, 1.54) is 25.7 Å². The number of hydrogen-bond acceptors (Lipinski definition) is 6. The lowest BCUT2D eigenvalue weighted by Crippen LogP contribution is -2.54. The Morgan fingerprint density at radius 2 is 1.78 bits per heavy atom. The summed E-state index contributed by atoms with van der Waals surface area (Å²) in [5, 5.41) is 0. The van der Waals surface area contributed by atoms with E-state index >= 15 is 0 Å². The zero-order chi connectivity index (χ0) is 18.3. The monoisotopic (exact) mass is 371 g/mol. The Morgan fingerprint density at radius 1 is 1.00 bits per heavy atom. The average molecular weight is 371 g/mol. The lowest BCUT2D eigenvalue weighted by molar-refractivity contribution is -0.138. The molecule has 5 rings (SSSR count). The number of carbonyl (C=O) groups excluding carboxylic acids is 1. The van der Waals surface area contributed by atoms with Gasteiger partial charge in [-0.1, -0.05) is 0 Å². The van der Waals surface area contributed by atoms with E-state index in [1.54, 1.807) is 6.33 Å². The van der Waals surface area contributed by atoms with Crippen molar-refractivity contribution in [2.24, 2.45) is 5.41 Å². The SMILES string of the molecule is O=C1CC[C@@]2(CCCN(c3cc(N4CCOCC4)ncn3)C2)CN1C1CC1. The van der Waals surface area contributed by atoms with Gasteiger partial charge in [-0.15, -0.1) is 0 Å².